The molecule has 4 nitrogen and oxygen atoms in total. The van der Waals surface area contributed by atoms with Gasteiger partial charge in [-0.2, -0.15) is 0 Å². The monoisotopic (exact) mass is 304 g/mol. The molecule has 21 heavy (non-hydrogen) atoms. The molecule has 0 saturated heterocycles. The number of halogens is 1. The molecular formula is C16H17ClN2O2. The van der Waals surface area contributed by atoms with E-state index in [-0.39, 0.29) is 12.5 Å². The fraction of sp³-hybridized carbons (Fsp3) is 0.188. The molecule has 0 saturated carbocycles. The SMILES string of the molecule is CN(CCO)c1ccc(NC(=O)c2cccc(Cl)c2)cc1. The predicted molar refractivity (Wildman–Crippen MR) is 86.2 cm³/mol. The number of carbonyl (C=O) groups is 1. The molecule has 0 fully saturated rings. The fourth-order valence-corrected chi connectivity index (χ4v) is 2.10. The number of hydrogen-bond donors (Lipinski definition) is 2. The van der Waals surface area contributed by atoms with Crippen molar-refractivity contribution in [2.75, 3.05) is 30.4 Å². The normalized spacial score (nSPS) is 10.2. The van der Waals surface area contributed by atoms with E-state index in [0.29, 0.717) is 22.8 Å². The van der Waals surface area contributed by atoms with Crippen LogP contribution in [0.2, 0.25) is 5.02 Å². The Hall–Kier alpha value is -2.04. The highest BCUT2D eigenvalue weighted by Gasteiger charge is 2.07. The molecule has 110 valence electrons. The highest BCUT2D eigenvalue weighted by molar-refractivity contribution is 6.31. The van der Waals surface area contributed by atoms with Crippen molar-refractivity contribution >= 4 is 28.9 Å². The van der Waals surface area contributed by atoms with Gasteiger partial charge in [0, 0.05) is 35.6 Å². The summed E-state index contributed by atoms with van der Waals surface area (Å²) in [6.07, 6.45) is 0. The zero-order chi connectivity index (χ0) is 15.2. The van der Waals surface area contributed by atoms with Gasteiger partial charge in [0.15, 0.2) is 0 Å². The molecule has 0 spiro atoms. The van der Waals surface area contributed by atoms with E-state index in [2.05, 4.69) is 5.32 Å². The summed E-state index contributed by atoms with van der Waals surface area (Å²) < 4.78 is 0. The molecule has 2 aromatic rings. The van der Waals surface area contributed by atoms with Crippen molar-refractivity contribution in [2.24, 2.45) is 0 Å². The number of anilines is 2. The smallest absolute Gasteiger partial charge is 0.255 e. The Balaban J connectivity index is 2.05. The number of benzene rings is 2. The molecule has 0 radical (unpaired) electrons. The van der Waals surface area contributed by atoms with Crippen molar-refractivity contribution in [3.05, 3.63) is 59.1 Å². The molecule has 2 N–H and O–H groups in total. The molecule has 1 amide bonds. The van der Waals surface area contributed by atoms with E-state index in [9.17, 15) is 4.79 Å². The number of aliphatic hydroxyl groups is 1. The molecule has 0 aromatic heterocycles. The topological polar surface area (TPSA) is 52.6 Å². The van der Waals surface area contributed by atoms with E-state index < -0.39 is 0 Å². The Bertz CT molecular complexity index is 614. The summed E-state index contributed by atoms with van der Waals surface area (Å²) in [4.78, 5) is 14.0. The lowest BCUT2D eigenvalue weighted by molar-refractivity contribution is 0.102. The van der Waals surface area contributed by atoms with Crippen molar-refractivity contribution in [1.82, 2.24) is 0 Å². The van der Waals surface area contributed by atoms with Crippen molar-refractivity contribution in [2.45, 2.75) is 0 Å². The number of carbonyl (C=O) groups excluding carboxylic acids is 1. The van der Waals surface area contributed by atoms with Gasteiger partial charge in [0.2, 0.25) is 0 Å². The second kappa shape index (κ2) is 7.11. The van der Waals surface area contributed by atoms with Crippen LogP contribution in [-0.4, -0.2) is 31.2 Å². The zero-order valence-corrected chi connectivity index (χ0v) is 12.5. The van der Waals surface area contributed by atoms with Crippen LogP contribution in [0.4, 0.5) is 11.4 Å². The fourth-order valence-electron chi connectivity index (χ4n) is 1.91. The van der Waals surface area contributed by atoms with Crippen molar-refractivity contribution in [3.8, 4) is 0 Å². The van der Waals surface area contributed by atoms with Gasteiger partial charge < -0.3 is 15.3 Å². The average Bonchev–Trinajstić information content (AvgIpc) is 2.48. The van der Waals surface area contributed by atoms with E-state index in [0.717, 1.165) is 5.69 Å². The van der Waals surface area contributed by atoms with E-state index in [1.165, 1.54) is 0 Å². The van der Waals surface area contributed by atoms with E-state index in [4.69, 9.17) is 16.7 Å². The van der Waals surface area contributed by atoms with Gasteiger partial charge >= 0.3 is 0 Å². The molecule has 0 heterocycles. The van der Waals surface area contributed by atoms with Crippen molar-refractivity contribution in [3.63, 3.8) is 0 Å². The van der Waals surface area contributed by atoms with E-state index >= 15 is 0 Å². The molecule has 2 rings (SSSR count). The number of rotatable bonds is 5. The first-order valence-corrected chi connectivity index (χ1v) is 6.97. The third-order valence-corrected chi connectivity index (χ3v) is 3.32. The number of aliphatic hydroxyl groups excluding tert-OH is 1. The van der Waals surface area contributed by atoms with Crippen LogP contribution in [0.1, 0.15) is 10.4 Å². The van der Waals surface area contributed by atoms with Crippen LogP contribution in [0.15, 0.2) is 48.5 Å². The Morgan fingerprint density at radius 3 is 2.57 bits per heavy atom. The van der Waals surface area contributed by atoms with Crippen LogP contribution in [0.3, 0.4) is 0 Å². The molecule has 0 atom stereocenters. The Labute approximate surface area is 129 Å². The van der Waals surface area contributed by atoms with Crippen LogP contribution in [0.25, 0.3) is 0 Å². The van der Waals surface area contributed by atoms with Gasteiger partial charge in [-0.15, -0.1) is 0 Å². The molecule has 0 aliphatic carbocycles. The molecule has 2 aromatic carbocycles. The van der Waals surface area contributed by atoms with Gasteiger partial charge in [0.1, 0.15) is 0 Å². The summed E-state index contributed by atoms with van der Waals surface area (Å²) in [6.45, 7) is 0.665. The summed E-state index contributed by atoms with van der Waals surface area (Å²) >= 11 is 5.87. The van der Waals surface area contributed by atoms with Crippen LogP contribution in [0.5, 0.6) is 0 Å². The minimum Gasteiger partial charge on any atom is -0.395 e. The lowest BCUT2D eigenvalue weighted by Crippen LogP contribution is -2.21. The first-order chi connectivity index (χ1) is 10.1. The van der Waals surface area contributed by atoms with Crippen molar-refractivity contribution in [1.29, 1.82) is 0 Å². The van der Waals surface area contributed by atoms with Crippen LogP contribution in [-0.2, 0) is 0 Å². The summed E-state index contributed by atoms with van der Waals surface area (Å²) in [5.74, 6) is -0.200. The maximum atomic E-state index is 12.1. The summed E-state index contributed by atoms with van der Waals surface area (Å²) in [5, 5.41) is 12.3. The first kappa shape index (κ1) is 15.4. The highest BCUT2D eigenvalue weighted by atomic mass is 35.5. The standard InChI is InChI=1S/C16H17ClN2O2/c1-19(9-10-20)15-7-5-14(6-8-15)18-16(21)12-3-2-4-13(17)11-12/h2-8,11,20H,9-10H2,1H3,(H,18,21). The van der Waals surface area contributed by atoms with Crippen molar-refractivity contribution < 1.29 is 9.90 Å². The van der Waals surface area contributed by atoms with E-state index in [1.807, 2.05) is 36.2 Å². The second-order valence-electron chi connectivity index (χ2n) is 4.66. The number of nitrogens with one attached hydrogen (secondary N) is 1. The molecular weight excluding hydrogens is 288 g/mol. The quantitative estimate of drug-likeness (QED) is 0.893. The van der Waals surface area contributed by atoms with Crippen LogP contribution < -0.4 is 10.2 Å². The maximum absolute atomic E-state index is 12.1. The molecule has 5 heteroatoms. The van der Waals surface area contributed by atoms with Gasteiger partial charge in [0.25, 0.3) is 5.91 Å². The van der Waals surface area contributed by atoms with E-state index in [1.54, 1.807) is 24.3 Å². The number of hydrogen-bond acceptors (Lipinski definition) is 3. The average molecular weight is 305 g/mol. The molecule has 0 unspecified atom stereocenters. The second-order valence-corrected chi connectivity index (χ2v) is 5.09. The minimum atomic E-state index is -0.200. The third kappa shape index (κ3) is 4.21. The number of nitrogens with zero attached hydrogens (tertiary/aromatic N) is 1. The third-order valence-electron chi connectivity index (χ3n) is 3.09. The zero-order valence-electron chi connectivity index (χ0n) is 11.7. The van der Waals surface area contributed by atoms with Gasteiger partial charge in [0.05, 0.1) is 6.61 Å². The lowest BCUT2D eigenvalue weighted by Gasteiger charge is -2.18. The summed E-state index contributed by atoms with van der Waals surface area (Å²) in [5.41, 5.74) is 2.20. The summed E-state index contributed by atoms with van der Waals surface area (Å²) in [7, 11) is 1.90. The van der Waals surface area contributed by atoms with Crippen LogP contribution in [0, 0.1) is 0 Å². The molecule has 0 bridgehead atoms. The Kier molecular flexibility index (Phi) is 5.20. The minimum absolute atomic E-state index is 0.101. The van der Waals surface area contributed by atoms with Gasteiger partial charge in [-0.1, -0.05) is 17.7 Å². The number of amides is 1. The predicted octanol–water partition coefficient (Wildman–Crippen LogP) is 3.02. The summed E-state index contributed by atoms with van der Waals surface area (Å²) in [6, 6.07) is 14.2. The van der Waals surface area contributed by atoms with Gasteiger partial charge in [-0.25, -0.2) is 0 Å². The lowest BCUT2D eigenvalue weighted by atomic mass is 10.2. The Morgan fingerprint density at radius 2 is 1.95 bits per heavy atom. The van der Waals surface area contributed by atoms with Crippen LogP contribution >= 0.6 is 11.6 Å². The van der Waals surface area contributed by atoms with Gasteiger partial charge in [-0.3, -0.25) is 4.79 Å². The number of likely N-dealkylation sites (N-methyl/N-ethyl adjacent to an activating group) is 1. The van der Waals surface area contributed by atoms with Gasteiger partial charge in [-0.05, 0) is 42.5 Å². The highest BCUT2D eigenvalue weighted by Crippen LogP contribution is 2.18. The molecule has 0 aliphatic rings. The Morgan fingerprint density at radius 1 is 1.24 bits per heavy atom. The molecule has 0 aliphatic heterocycles. The largest absolute Gasteiger partial charge is 0.395 e. The first-order valence-electron chi connectivity index (χ1n) is 6.59. The maximum Gasteiger partial charge on any atom is 0.255 e.